The van der Waals surface area contributed by atoms with E-state index in [0.717, 1.165) is 23.9 Å². The van der Waals surface area contributed by atoms with Gasteiger partial charge in [0.05, 0.1) is 18.5 Å². The molecular formula is C20H24N4O2. The Bertz CT molecular complexity index is 746. The van der Waals surface area contributed by atoms with Gasteiger partial charge in [0.25, 0.3) is 5.91 Å². The van der Waals surface area contributed by atoms with Crippen LogP contribution in [0.15, 0.2) is 36.8 Å². The minimum Gasteiger partial charge on any atom is -0.381 e. The molecule has 1 aliphatic heterocycles. The average molecular weight is 352 g/mol. The van der Waals surface area contributed by atoms with E-state index < -0.39 is 0 Å². The molecule has 0 radical (unpaired) electrons. The average Bonchev–Trinajstić information content (AvgIpc) is 3.40. The van der Waals surface area contributed by atoms with Crippen molar-refractivity contribution in [1.29, 1.82) is 0 Å². The fourth-order valence-corrected chi connectivity index (χ4v) is 3.47. The number of aromatic nitrogens is 3. The first-order chi connectivity index (χ1) is 12.7. The summed E-state index contributed by atoms with van der Waals surface area (Å²) in [6, 6.07) is 5.96. The van der Waals surface area contributed by atoms with E-state index in [9.17, 15) is 4.79 Å². The van der Waals surface area contributed by atoms with E-state index in [1.807, 2.05) is 36.2 Å². The Morgan fingerprint density at radius 2 is 2.04 bits per heavy atom. The fraction of sp³-hybridized carbons (Fsp3) is 0.500. The van der Waals surface area contributed by atoms with Gasteiger partial charge in [-0.25, -0.2) is 4.98 Å². The Hall–Kier alpha value is -2.34. The first-order valence-corrected chi connectivity index (χ1v) is 9.27. The lowest BCUT2D eigenvalue weighted by Gasteiger charge is -2.17. The SMILES string of the molecule is Cc1cnc(C(=O)N2CC(COCC3CC3)C(c3ccccn3)C2)cn1. The Labute approximate surface area is 153 Å². The Morgan fingerprint density at radius 3 is 2.73 bits per heavy atom. The fourth-order valence-electron chi connectivity index (χ4n) is 3.47. The lowest BCUT2D eigenvalue weighted by atomic mass is 9.93. The molecule has 0 aromatic carbocycles. The highest BCUT2D eigenvalue weighted by Crippen LogP contribution is 2.34. The third-order valence-electron chi connectivity index (χ3n) is 5.18. The third-order valence-corrected chi connectivity index (χ3v) is 5.18. The highest BCUT2D eigenvalue weighted by Gasteiger charge is 2.38. The molecule has 2 atom stereocenters. The van der Waals surface area contributed by atoms with Gasteiger partial charge in [0.2, 0.25) is 0 Å². The van der Waals surface area contributed by atoms with Gasteiger partial charge in [-0.05, 0) is 37.8 Å². The minimum atomic E-state index is -0.0666. The summed E-state index contributed by atoms with van der Waals surface area (Å²) in [6.45, 7) is 4.68. The molecule has 2 aromatic heterocycles. The largest absolute Gasteiger partial charge is 0.381 e. The van der Waals surface area contributed by atoms with Gasteiger partial charge in [-0.15, -0.1) is 0 Å². The van der Waals surface area contributed by atoms with Crippen molar-refractivity contribution in [3.05, 3.63) is 53.9 Å². The second-order valence-electron chi connectivity index (χ2n) is 7.36. The number of hydrogen-bond acceptors (Lipinski definition) is 5. The molecule has 0 spiro atoms. The molecule has 136 valence electrons. The van der Waals surface area contributed by atoms with Crippen molar-refractivity contribution in [2.24, 2.45) is 11.8 Å². The maximum atomic E-state index is 12.8. The van der Waals surface area contributed by atoms with Crippen LogP contribution in [0.3, 0.4) is 0 Å². The molecule has 2 aromatic rings. The van der Waals surface area contributed by atoms with Crippen molar-refractivity contribution >= 4 is 5.91 Å². The van der Waals surface area contributed by atoms with Crippen molar-refractivity contribution in [3.8, 4) is 0 Å². The van der Waals surface area contributed by atoms with Gasteiger partial charge < -0.3 is 9.64 Å². The molecule has 2 aliphatic rings. The topological polar surface area (TPSA) is 68.2 Å². The van der Waals surface area contributed by atoms with Crippen LogP contribution in [0.1, 0.15) is 40.6 Å². The molecule has 1 amide bonds. The van der Waals surface area contributed by atoms with Gasteiger partial charge in [0, 0.05) is 49.6 Å². The number of rotatable bonds is 6. The van der Waals surface area contributed by atoms with Crippen LogP contribution < -0.4 is 0 Å². The van der Waals surface area contributed by atoms with Crippen LogP contribution >= 0.6 is 0 Å². The van der Waals surface area contributed by atoms with Crippen LogP contribution in [0.2, 0.25) is 0 Å². The van der Waals surface area contributed by atoms with Crippen molar-refractivity contribution in [2.75, 3.05) is 26.3 Å². The molecule has 6 nitrogen and oxygen atoms in total. The molecule has 1 saturated heterocycles. The van der Waals surface area contributed by atoms with E-state index in [-0.39, 0.29) is 17.7 Å². The van der Waals surface area contributed by atoms with Gasteiger partial charge in [-0.3, -0.25) is 14.8 Å². The smallest absolute Gasteiger partial charge is 0.274 e. The number of likely N-dealkylation sites (tertiary alicyclic amines) is 1. The summed E-state index contributed by atoms with van der Waals surface area (Å²) >= 11 is 0. The summed E-state index contributed by atoms with van der Waals surface area (Å²) in [5, 5.41) is 0. The minimum absolute atomic E-state index is 0.0666. The normalized spacial score (nSPS) is 22.6. The predicted molar refractivity (Wildman–Crippen MR) is 96.7 cm³/mol. The van der Waals surface area contributed by atoms with Crippen LogP contribution in [0, 0.1) is 18.8 Å². The van der Waals surface area contributed by atoms with Crippen molar-refractivity contribution in [3.63, 3.8) is 0 Å². The molecule has 1 aliphatic carbocycles. The second kappa shape index (κ2) is 7.50. The molecule has 1 saturated carbocycles. The maximum Gasteiger partial charge on any atom is 0.274 e. The predicted octanol–water partition coefficient (Wildman–Crippen LogP) is 2.46. The van der Waals surface area contributed by atoms with E-state index in [2.05, 4.69) is 15.0 Å². The van der Waals surface area contributed by atoms with Gasteiger partial charge in [-0.2, -0.15) is 0 Å². The summed E-state index contributed by atoms with van der Waals surface area (Å²) in [4.78, 5) is 27.7. The number of carbonyl (C=O) groups is 1. The maximum absolute atomic E-state index is 12.8. The van der Waals surface area contributed by atoms with Crippen molar-refractivity contribution < 1.29 is 9.53 Å². The quantitative estimate of drug-likeness (QED) is 0.799. The zero-order chi connectivity index (χ0) is 17.9. The number of hydrogen-bond donors (Lipinski definition) is 0. The number of carbonyl (C=O) groups excluding carboxylic acids is 1. The van der Waals surface area contributed by atoms with Crippen LogP contribution in [-0.2, 0) is 4.74 Å². The molecule has 0 N–H and O–H groups in total. The molecule has 2 fully saturated rings. The van der Waals surface area contributed by atoms with Crippen LogP contribution in [0.5, 0.6) is 0 Å². The zero-order valence-electron chi connectivity index (χ0n) is 15.0. The lowest BCUT2D eigenvalue weighted by molar-refractivity contribution is 0.0734. The Balaban J connectivity index is 1.48. The van der Waals surface area contributed by atoms with Crippen molar-refractivity contribution in [2.45, 2.75) is 25.7 Å². The first kappa shape index (κ1) is 17.1. The van der Waals surface area contributed by atoms with E-state index in [4.69, 9.17) is 4.74 Å². The summed E-state index contributed by atoms with van der Waals surface area (Å²) in [7, 11) is 0. The zero-order valence-corrected chi connectivity index (χ0v) is 15.0. The number of amides is 1. The molecule has 0 bridgehead atoms. The van der Waals surface area contributed by atoms with Crippen LogP contribution in [0.25, 0.3) is 0 Å². The van der Waals surface area contributed by atoms with Gasteiger partial charge >= 0.3 is 0 Å². The number of nitrogens with zero attached hydrogens (tertiary/aromatic N) is 4. The third kappa shape index (κ3) is 3.90. The van der Waals surface area contributed by atoms with Crippen LogP contribution in [-0.4, -0.2) is 52.1 Å². The highest BCUT2D eigenvalue weighted by atomic mass is 16.5. The Morgan fingerprint density at radius 1 is 1.15 bits per heavy atom. The van der Waals surface area contributed by atoms with Crippen LogP contribution in [0.4, 0.5) is 0 Å². The van der Waals surface area contributed by atoms with Gasteiger partial charge in [0.1, 0.15) is 5.69 Å². The molecule has 6 heteroatoms. The van der Waals surface area contributed by atoms with E-state index in [0.29, 0.717) is 25.4 Å². The molecule has 26 heavy (non-hydrogen) atoms. The summed E-state index contributed by atoms with van der Waals surface area (Å²) in [5.74, 6) is 1.12. The van der Waals surface area contributed by atoms with E-state index >= 15 is 0 Å². The number of ether oxygens (including phenoxy) is 1. The molecule has 4 rings (SSSR count). The summed E-state index contributed by atoms with van der Waals surface area (Å²) in [5.41, 5.74) is 2.23. The summed E-state index contributed by atoms with van der Waals surface area (Å²) < 4.78 is 5.95. The Kier molecular flexibility index (Phi) is 4.93. The van der Waals surface area contributed by atoms with Gasteiger partial charge in [0.15, 0.2) is 0 Å². The number of pyridine rings is 1. The standard InChI is InChI=1S/C20H24N4O2/c1-14-8-23-19(9-22-14)20(25)24-10-16(13-26-12-15-5-6-15)17(11-24)18-4-2-3-7-21-18/h2-4,7-9,15-17H,5-6,10-13H2,1H3. The van der Waals surface area contributed by atoms with Gasteiger partial charge in [-0.1, -0.05) is 6.07 Å². The lowest BCUT2D eigenvalue weighted by Crippen LogP contribution is -2.30. The van der Waals surface area contributed by atoms with Crippen molar-refractivity contribution in [1.82, 2.24) is 19.9 Å². The second-order valence-corrected chi connectivity index (χ2v) is 7.36. The van der Waals surface area contributed by atoms with E-state index in [1.165, 1.54) is 12.8 Å². The number of aryl methyl sites for hydroxylation is 1. The monoisotopic (exact) mass is 352 g/mol. The molecular weight excluding hydrogens is 328 g/mol. The molecule has 2 unspecified atom stereocenters. The van der Waals surface area contributed by atoms with E-state index in [1.54, 1.807) is 12.4 Å². The highest BCUT2D eigenvalue weighted by molar-refractivity contribution is 5.92. The first-order valence-electron chi connectivity index (χ1n) is 9.27. The summed E-state index contributed by atoms with van der Waals surface area (Å²) in [6.07, 6.45) is 7.57. The molecule has 3 heterocycles.